The summed E-state index contributed by atoms with van der Waals surface area (Å²) in [7, 11) is 0. The molecule has 0 aliphatic rings. The Bertz CT molecular complexity index is 336. The highest BCUT2D eigenvalue weighted by molar-refractivity contribution is 6.33. The molecule has 0 N–H and O–H groups in total. The summed E-state index contributed by atoms with van der Waals surface area (Å²) in [5.74, 6) is -0.868. The van der Waals surface area contributed by atoms with Crippen LogP contribution in [0.4, 0.5) is 4.39 Å². The van der Waals surface area contributed by atoms with Gasteiger partial charge in [0.2, 0.25) is 0 Å². The number of rotatable bonds is 2. The Balaban J connectivity index is 3.43. The fraction of sp³-hybridized carbons (Fsp3) is 0. The first-order chi connectivity index (χ1) is 5.70. The molecule has 0 bridgehead atoms. The van der Waals surface area contributed by atoms with Crippen LogP contribution in [-0.4, -0.2) is 12.6 Å². The Hall–Kier alpha value is -1.22. The molecule has 1 aromatic rings. The largest absolute Gasteiger partial charge is 0.298 e. The second kappa shape index (κ2) is 3.45. The van der Waals surface area contributed by atoms with Crippen LogP contribution in [0.2, 0.25) is 5.02 Å². The molecule has 2 nitrogen and oxygen atoms in total. The maximum Gasteiger partial charge on any atom is 0.154 e. The van der Waals surface area contributed by atoms with Gasteiger partial charge in [0.15, 0.2) is 12.6 Å². The molecule has 0 aliphatic carbocycles. The molecule has 0 aliphatic heterocycles. The Morgan fingerprint density at radius 2 is 1.92 bits per heavy atom. The van der Waals surface area contributed by atoms with Crippen LogP contribution in [0.1, 0.15) is 20.7 Å². The van der Waals surface area contributed by atoms with Crippen LogP contribution < -0.4 is 0 Å². The molecule has 0 fully saturated rings. The number of halogens is 2. The Morgan fingerprint density at radius 3 is 2.42 bits per heavy atom. The maximum absolute atomic E-state index is 13.0. The predicted molar refractivity (Wildman–Crippen MR) is 42.2 cm³/mol. The Labute approximate surface area is 73.0 Å². The molecule has 0 saturated carbocycles. The van der Waals surface area contributed by atoms with Crippen LogP contribution in [0, 0.1) is 5.82 Å². The lowest BCUT2D eigenvalue weighted by molar-refractivity contribution is 0.111. The zero-order valence-electron chi connectivity index (χ0n) is 5.88. The van der Waals surface area contributed by atoms with Gasteiger partial charge in [0.1, 0.15) is 5.82 Å². The van der Waals surface area contributed by atoms with E-state index in [2.05, 4.69) is 0 Å². The number of hydrogen-bond acceptors (Lipinski definition) is 2. The zero-order chi connectivity index (χ0) is 9.14. The summed E-state index contributed by atoms with van der Waals surface area (Å²) >= 11 is 5.47. The van der Waals surface area contributed by atoms with Gasteiger partial charge in [-0.2, -0.15) is 0 Å². The highest BCUT2D eigenvalue weighted by Gasteiger charge is 2.10. The molecular formula is C8H4ClFO2. The molecule has 0 amide bonds. The van der Waals surface area contributed by atoms with Crippen LogP contribution in [0.5, 0.6) is 0 Å². The topological polar surface area (TPSA) is 34.1 Å². The number of hydrogen-bond donors (Lipinski definition) is 0. The van der Waals surface area contributed by atoms with Crippen LogP contribution in [0.3, 0.4) is 0 Å². The second-order valence-corrected chi connectivity index (χ2v) is 2.51. The van der Waals surface area contributed by atoms with Crippen molar-refractivity contribution in [1.82, 2.24) is 0 Å². The minimum Gasteiger partial charge on any atom is -0.298 e. The van der Waals surface area contributed by atoms with Crippen molar-refractivity contribution in [2.45, 2.75) is 0 Å². The minimum absolute atomic E-state index is 0.00750. The molecule has 12 heavy (non-hydrogen) atoms. The van der Waals surface area contributed by atoms with E-state index in [0.29, 0.717) is 6.29 Å². The highest BCUT2D eigenvalue weighted by Crippen LogP contribution is 2.19. The smallest absolute Gasteiger partial charge is 0.154 e. The van der Waals surface area contributed by atoms with Gasteiger partial charge in [-0.3, -0.25) is 9.59 Å². The van der Waals surface area contributed by atoms with Crippen molar-refractivity contribution in [3.63, 3.8) is 0 Å². The molecule has 0 heterocycles. The lowest BCUT2D eigenvalue weighted by Crippen LogP contribution is -1.95. The number of aldehydes is 2. The van der Waals surface area contributed by atoms with Crippen molar-refractivity contribution in [1.29, 1.82) is 0 Å². The van der Waals surface area contributed by atoms with Crippen LogP contribution in [0.15, 0.2) is 12.1 Å². The predicted octanol–water partition coefficient (Wildman–Crippen LogP) is 2.10. The van der Waals surface area contributed by atoms with Crippen LogP contribution in [0.25, 0.3) is 0 Å². The van der Waals surface area contributed by atoms with E-state index in [4.69, 9.17) is 11.6 Å². The quantitative estimate of drug-likeness (QED) is 0.663. The average Bonchev–Trinajstić information content (AvgIpc) is 2.06. The summed E-state index contributed by atoms with van der Waals surface area (Å²) in [4.78, 5) is 20.5. The third kappa shape index (κ3) is 1.36. The van der Waals surface area contributed by atoms with Gasteiger partial charge in [-0.15, -0.1) is 0 Å². The van der Waals surface area contributed by atoms with Gasteiger partial charge in [0, 0.05) is 0 Å². The molecule has 4 heteroatoms. The lowest BCUT2D eigenvalue weighted by atomic mass is 10.1. The minimum atomic E-state index is -0.868. The Kier molecular flexibility index (Phi) is 2.55. The standard InChI is InChI=1S/C8H4ClFO2/c9-7-2-1-5(3-11)8(10)6(7)4-12/h1-4H. The highest BCUT2D eigenvalue weighted by atomic mass is 35.5. The molecular weight excluding hydrogens is 183 g/mol. The number of benzene rings is 1. The zero-order valence-corrected chi connectivity index (χ0v) is 6.64. The molecule has 0 radical (unpaired) electrons. The number of carbonyl (C=O) groups excluding carboxylic acids is 2. The van der Waals surface area contributed by atoms with Crippen molar-refractivity contribution < 1.29 is 14.0 Å². The SMILES string of the molecule is O=Cc1ccc(Cl)c(C=O)c1F. The van der Waals surface area contributed by atoms with E-state index in [1.165, 1.54) is 12.1 Å². The first-order valence-corrected chi connectivity index (χ1v) is 3.47. The van der Waals surface area contributed by atoms with Crippen molar-refractivity contribution in [2.75, 3.05) is 0 Å². The summed E-state index contributed by atoms with van der Waals surface area (Å²) in [5, 5.41) is 0.00750. The summed E-state index contributed by atoms with van der Waals surface area (Å²) in [6, 6.07) is 2.52. The first-order valence-electron chi connectivity index (χ1n) is 3.09. The van der Waals surface area contributed by atoms with Crippen molar-refractivity contribution in [3.8, 4) is 0 Å². The lowest BCUT2D eigenvalue weighted by Gasteiger charge is -1.99. The van der Waals surface area contributed by atoms with Gasteiger partial charge in [0.25, 0.3) is 0 Å². The van der Waals surface area contributed by atoms with Gasteiger partial charge < -0.3 is 0 Å². The van der Waals surface area contributed by atoms with Crippen LogP contribution >= 0.6 is 11.6 Å². The molecule has 62 valence electrons. The Morgan fingerprint density at radius 1 is 1.25 bits per heavy atom. The fourth-order valence-electron chi connectivity index (χ4n) is 0.785. The van der Waals surface area contributed by atoms with Gasteiger partial charge in [0.05, 0.1) is 16.1 Å². The normalized spacial score (nSPS) is 9.50. The van der Waals surface area contributed by atoms with E-state index in [1.807, 2.05) is 0 Å². The van der Waals surface area contributed by atoms with E-state index >= 15 is 0 Å². The summed E-state index contributed by atoms with van der Waals surface area (Å²) in [5.41, 5.74) is -0.442. The third-order valence-electron chi connectivity index (χ3n) is 1.40. The fourth-order valence-corrected chi connectivity index (χ4v) is 0.976. The van der Waals surface area contributed by atoms with Gasteiger partial charge in [-0.05, 0) is 12.1 Å². The monoisotopic (exact) mass is 186 g/mol. The van der Waals surface area contributed by atoms with E-state index in [0.717, 1.165) is 0 Å². The summed E-state index contributed by atoms with van der Waals surface area (Å²) in [6.45, 7) is 0. The molecule has 1 rings (SSSR count). The van der Waals surface area contributed by atoms with Crippen molar-refractivity contribution in [3.05, 3.63) is 34.1 Å². The molecule has 0 saturated heterocycles. The summed E-state index contributed by atoms with van der Waals surface area (Å²) in [6.07, 6.45) is 0.614. The molecule has 0 spiro atoms. The van der Waals surface area contributed by atoms with Crippen molar-refractivity contribution in [2.24, 2.45) is 0 Å². The third-order valence-corrected chi connectivity index (χ3v) is 1.73. The molecule has 0 aromatic heterocycles. The first kappa shape index (κ1) is 8.87. The van der Waals surface area contributed by atoms with Crippen LogP contribution in [-0.2, 0) is 0 Å². The van der Waals surface area contributed by atoms with Crippen molar-refractivity contribution >= 4 is 24.2 Å². The maximum atomic E-state index is 13.0. The number of carbonyl (C=O) groups is 2. The molecule has 0 atom stereocenters. The van der Waals surface area contributed by atoms with Gasteiger partial charge >= 0.3 is 0 Å². The van der Waals surface area contributed by atoms with Gasteiger partial charge in [-0.25, -0.2) is 4.39 Å². The molecule has 1 aromatic carbocycles. The van der Waals surface area contributed by atoms with E-state index in [9.17, 15) is 14.0 Å². The average molecular weight is 187 g/mol. The van der Waals surface area contributed by atoms with E-state index in [1.54, 1.807) is 0 Å². The van der Waals surface area contributed by atoms with E-state index in [-0.39, 0.29) is 22.4 Å². The van der Waals surface area contributed by atoms with Gasteiger partial charge in [-0.1, -0.05) is 11.6 Å². The summed E-state index contributed by atoms with van der Waals surface area (Å²) < 4.78 is 13.0. The molecule has 0 unspecified atom stereocenters. The second-order valence-electron chi connectivity index (χ2n) is 2.10. The van der Waals surface area contributed by atoms with E-state index < -0.39 is 5.82 Å².